The maximum absolute atomic E-state index is 6.25. The number of hydrogen-bond acceptors (Lipinski definition) is 8. The molecule has 1 aliphatic rings. The summed E-state index contributed by atoms with van der Waals surface area (Å²) < 4.78 is 0. The van der Waals surface area contributed by atoms with Gasteiger partial charge in [0.25, 0.3) is 0 Å². The minimum absolute atomic E-state index is 0.359. The van der Waals surface area contributed by atoms with Crippen LogP contribution in [0.15, 0.2) is 43.1 Å². The number of hydrogen-bond donors (Lipinski definition) is 3. The molecular formula is C18H20N8. The summed E-state index contributed by atoms with van der Waals surface area (Å²) >= 11 is 0. The summed E-state index contributed by atoms with van der Waals surface area (Å²) in [4.78, 5) is 19.8. The fourth-order valence-corrected chi connectivity index (χ4v) is 3.15. The van der Waals surface area contributed by atoms with Crippen LogP contribution >= 0.6 is 0 Å². The summed E-state index contributed by atoms with van der Waals surface area (Å²) in [5.41, 5.74) is 16.6. The maximum atomic E-state index is 6.25. The molecular weight excluding hydrogens is 328 g/mol. The Bertz CT molecular complexity index is 906. The number of nitrogen functional groups attached to an aromatic ring is 2. The maximum Gasteiger partial charge on any atom is 0.126 e. The number of piperazine rings is 1. The van der Waals surface area contributed by atoms with Crippen molar-refractivity contribution in [3.63, 3.8) is 0 Å². The number of nitrogens with two attached hydrogens (primary N) is 2. The molecule has 8 heteroatoms. The topological polar surface area (TPSA) is 119 Å². The van der Waals surface area contributed by atoms with Crippen LogP contribution in [0.25, 0.3) is 22.5 Å². The molecule has 132 valence electrons. The van der Waals surface area contributed by atoms with E-state index < -0.39 is 0 Å². The van der Waals surface area contributed by atoms with E-state index in [0.29, 0.717) is 28.5 Å². The van der Waals surface area contributed by atoms with E-state index in [1.807, 2.05) is 6.20 Å². The van der Waals surface area contributed by atoms with E-state index in [-0.39, 0.29) is 0 Å². The van der Waals surface area contributed by atoms with Gasteiger partial charge in [0.15, 0.2) is 0 Å². The van der Waals surface area contributed by atoms with Crippen molar-refractivity contribution in [2.75, 3.05) is 42.5 Å². The fraction of sp³-hybridized carbons (Fsp3) is 0.222. The Morgan fingerprint density at radius 1 is 0.962 bits per heavy atom. The Balaban J connectivity index is 1.83. The van der Waals surface area contributed by atoms with E-state index in [1.54, 1.807) is 30.9 Å². The molecule has 0 amide bonds. The second-order valence-corrected chi connectivity index (χ2v) is 6.12. The highest BCUT2D eigenvalue weighted by molar-refractivity contribution is 5.89. The van der Waals surface area contributed by atoms with Gasteiger partial charge in [-0.25, -0.2) is 4.98 Å². The summed E-state index contributed by atoms with van der Waals surface area (Å²) in [5.74, 6) is 0.359. The van der Waals surface area contributed by atoms with Crippen LogP contribution in [-0.2, 0) is 0 Å². The molecule has 8 nitrogen and oxygen atoms in total. The van der Waals surface area contributed by atoms with Gasteiger partial charge in [0.2, 0.25) is 0 Å². The zero-order valence-corrected chi connectivity index (χ0v) is 14.3. The van der Waals surface area contributed by atoms with Crippen LogP contribution < -0.4 is 21.7 Å². The van der Waals surface area contributed by atoms with Gasteiger partial charge in [-0.05, 0) is 6.07 Å². The standard InChI is InChI=1S/C18H20N8/c19-14-8-16(20)25-18(17(14)15-11-22-1-2-24-15)12-7-13(10-23-9-12)26-5-3-21-4-6-26/h1-2,7-11,21H,3-6H2,(H4,19,20,25). The average molecular weight is 348 g/mol. The summed E-state index contributed by atoms with van der Waals surface area (Å²) in [7, 11) is 0. The lowest BCUT2D eigenvalue weighted by Crippen LogP contribution is -2.43. The first kappa shape index (κ1) is 16.2. The van der Waals surface area contributed by atoms with Crippen molar-refractivity contribution in [3.8, 4) is 22.5 Å². The minimum atomic E-state index is 0.359. The summed E-state index contributed by atoms with van der Waals surface area (Å²) in [5, 5.41) is 3.35. The summed E-state index contributed by atoms with van der Waals surface area (Å²) in [6.07, 6.45) is 8.56. The highest BCUT2D eigenvalue weighted by Gasteiger charge is 2.18. The van der Waals surface area contributed by atoms with Crippen molar-refractivity contribution in [2.24, 2.45) is 0 Å². The Morgan fingerprint density at radius 3 is 2.58 bits per heavy atom. The fourth-order valence-electron chi connectivity index (χ4n) is 3.15. The largest absolute Gasteiger partial charge is 0.398 e. The molecule has 4 heterocycles. The van der Waals surface area contributed by atoms with Crippen LogP contribution in [0.4, 0.5) is 17.2 Å². The zero-order valence-electron chi connectivity index (χ0n) is 14.3. The van der Waals surface area contributed by atoms with Gasteiger partial charge < -0.3 is 21.7 Å². The molecule has 1 aliphatic heterocycles. The molecule has 5 N–H and O–H groups in total. The smallest absolute Gasteiger partial charge is 0.126 e. The third-order valence-electron chi connectivity index (χ3n) is 4.37. The second kappa shape index (κ2) is 6.93. The molecule has 0 aromatic carbocycles. The number of nitrogens with zero attached hydrogens (tertiary/aromatic N) is 5. The Labute approximate surface area is 151 Å². The van der Waals surface area contributed by atoms with Crippen LogP contribution in [0.5, 0.6) is 0 Å². The number of nitrogens with one attached hydrogen (secondary N) is 1. The third-order valence-corrected chi connectivity index (χ3v) is 4.37. The molecule has 0 radical (unpaired) electrons. The highest BCUT2D eigenvalue weighted by Crippen LogP contribution is 2.35. The van der Waals surface area contributed by atoms with Gasteiger partial charge in [0.1, 0.15) is 5.82 Å². The van der Waals surface area contributed by atoms with Crippen LogP contribution in [0.3, 0.4) is 0 Å². The van der Waals surface area contributed by atoms with Crippen molar-refractivity contribution in [2.45, 2.75) is 0 Å². The van der Waals surface area contributed by atoms with E-state index in [2.05, 4.69) is 36.2 Å². The van der Waals surface area contributed by atoms with Crippen molar-refractivity contribution < 1.29 is 0 Å². The first-order valence-corrected chi connectivity index (χ1v) is 8.46. The summed E-state index contributed by atoms with van der Waals surface area (Å²) in [6.45, 7) is 3.79. The van der Waals surface area contributed by atoms with Crippen LogP contribution in [0, 0.1) is 0 Å². The first-order valence-electron chi connectivity index (χ1n) is 8.46. The normalized spacial score (nSPS) is 14.4. The number of pyridine rings is 2. The second-order valence-electron chi connectivity index (χ2n) is 6.12. The third kappa shape index (κ3) is 3.14. The van der Waals surface area contributed by atoms with E-state index in [9.17, 15) is 0 Å². The number of rotatable bonds is 3. The predicted octanol–water partition coefficient (Wildman–Crippen LogP) is 1.17. The molecule has 0 unspecified atom stereocenters. The molecule has 26 heavy (non-hydrogen) atoms. The molecule has 0 atom stereocenters. The molecule has 1 saturated heterocycles. The predicted molar refractivity (Wildman–Crippen MR) is 102 cm³/mol. The van der Waals surface area contributed by atoms with Crippen molar-refractivity contribution in [3.05, 3.63) is 43.1 Å². The van der Waals surface area contributed by atoms with Gasteiger partial charge >= 0.3 is 0 Å². The summed E-state index contributed by atoms with van der Waals surface area (Å²) in [6, 6.07) is 3.71. The van der Waals surface area contributed by atoms with E-state index >= 15 is 0 Å². The van der Waals surface area contributed by atoms with Gasteiger partial charge in [0.05, 0.1) is 35.0 Å². The highest BCUT2D eigenvalue weighted by atomic mass is 15.2. The van der Waals surface area contributed by atoms with Crippen molar-refractivity contribution >= 4 is 17.2 Å². The van der Waals surface area contributed by atoms with Gasteiger partial charge in [-0.1, -0.05) is 0 Å². The average Bonchev–Trinajstić information content (AvgIpc) is 2.69. The molecule has 0 saturated carbocycles. The van der Waals surface area contributed by atoms with Gasteiger partial charge in [-0.3, -0.25) is 15.0 Å². The lowest BCUT2D eigenvalue weighted by molar-refractivity contribution is 0.589. The van der Waals surface area contributed by atoms with E-state index in [4.69, 9.17) is 11.5 Å². The zero-order chi connectivity index (χ0) is 17.9. The van der Waals surface area contributed by atoms with Gasteiger partial charge in [0, 0.05) is 62.1 Å². The van der Waals surface area contributed by atoms with Crippen molar-refractivity contribution in [1.82, 2.24) is 25.3 Å². The monoisotopic (exact) mass is 348 g/mol. The molecule has 3 aromatic heterocycles. The molecule has 1 fully saturated rings. The van der Waals surface area contributed by atoms with Crippen LogP contribution in [-0.4, -0.2) is 46.1 Å². The Kier molecular flexibility index (Phi) is 4.32. The molecule has 0 spiro atoms. The van der Waals surface area contributed by atoms with Crippen molar-refractivity contribution in [1.29, 1.82) is 0 Å². The first-order chi connectivity index (χ1) is 12.7. The van der Waals surface area contributed by atoms with Crippen LogP contribution in [0.1, 0.15) is 0 Å². The Hall–Kier alpha value is -3.26. The minimum Gasteiger partial charge on any atom is -0.398 e. The lowest BCUT2D eigenvalue weighted by Gasteiger charge is -2.29. The molecule has 3 aromatic rings. The van der Waals surface area contributed by atoms with Gasteiger partial charge in [-0.2, -0.15) is 0 Å². The van der Waals surface area contributed by atoms with E-state index in [0.717, 1.165) is 37.4 Å². The quantitative estimate of drug-likeness (QED) is 0.645. The number of anilines is 3. The SMILES string of the molecule is Nc1cc(N)c(-c2cnccn2)c(-c2cncc(N3CCNCC3)c2)n1. The van der Waals surface area contributed by atoms with Crippen LogP contribution in [0.2, 0.25) is 0 Å². The lowest BCUT2D eigenvalue weighted by atomic mass is 10.0. The number of aromatic nitrogens is 4. The molecule has 4 rings (SSSR count). The molecule has 0 aliphatic carbocycles. The Morgan fingerprint density at radius 2 is 1.81 bits per heavy atom. The van der Waals surface area contributed by atoms with Gasteiger partial charge in [-0.15, -0.1) is 0 Å². The van der Waals surface area contributed by atoms with E-state index in [1.165, 1.54) is 0 Å². The molecule has 0 bridgehead atoms.